The molecule has 0 aliphatic carbocycles. The Hall–Kier alpha value is -1.02. The molecule has 374 valence electrons. The summed E-state index contributed by atoms with van der Waals surface area (Å²) in [6, 6.07) is -0.879. The van der Waals surface area contributed by atoms with E-state index < -0.39 is 20.0 Å². The Morgan fingerprint density at radius 1 is 0.540 bits per heavy atom. The molecule has 1 amide bonds. The van der Waals surface area contributed by atoms with Gasteiger partial charge in [-0.05, 0) is 44.9 Å². The smallest absolute Gasteiger partial charge is 0.268 e. The van der Waals surface area contributed by atoms with E-state index in [1.165, 1.54) is 199 Å². The van der Waals surface area contributed by atoms with E-state index in [4.69, 9.17) is 9.05 Å². The lowest BCUT2D eigenvalue weighted by atomic mass is 10.0. The zero-order valence-corrected chi connectivity index (χ0v) is 43.4. The number of amides is 1. The molecule has 0 radical (unpaired) electrons. The number of aliphatic hydroxyl groups excluding tert-OH is 1. The predicted molar refractivity (Wildman–Crippen MR) is 270 cm³/mol. The van der Waals surface area contributed by atoms with Crippen LogP contribution in [0.15, 0.2) is 24.3 Å². The van der Waals surface area contributed by atoms with Crippen molar-refractivity contribution in [1.82, 2.24) is 5.32 Å². The number of likely N-dealkylation sites (N-methyl/N-ethyl adjacent to an activating group) is 1. The van der Waals surface area contributed by atoms with E-state index in [0.29, 0.717) is 17.4 Å². The molecular formula is C54H107N2O6P. The molecule has 2 N–H and O–H groups in total. The Morgan fingerprint density at radius 3 is 1.25 bits per heavy atom. The topological polar surface area (TPSA) is 108 Å². The molecule has 0 aromatic rings. The fourth-order valence-electron chi connectivity index (χ4n) is 8.09. The van der Waals surface area contributed by atoms with Crippen LogP contribution in [-0.4, -0.2) is 68.5 Å². The van der Waals surface area contributed by atoms with Crippen LogP contribution in [-0.2, 0) is 18.4 Å². The lowest BCUT2D eigenvalue weighted by molar-refractivity contribution is -0.870. The van der Waals surface area contributed by atoms with Crippen LogP contribution in [0.3, 0.4) is 0 Å². The number of phosphoric ester groups is 1. The number of quaternary nitrogens is 1. The molecule has 9 heteroatoms. The lowest BCUT2D eigenvalue weighted by Gasteiger charge is -2.29. The highest BCUT2D eigenvalue weighted by Crippen LogP contribution is 2.38. The monoisotopic (exact) mass is 911 g/mol. The molecule has 8 nitrogen and oxygen atoms in total. The van der Waals surface area contributed by atoms with Crippen molar-refractivity contribution in [2.45, 2.75) is 276 Å². The molecule has 0 saturated heterocycles. The number of carbonyl (C=O) groups is 1. The highest BCUT2D eigenvalue weighted by atomic mass is 31.2. The Balaban J connectivity index is 3.75. The van der Waals surface area contributed by atoms with Gasteiger partial charge in [-0.25, -0.2) is 0 Å². The first-order valence-electron chi connectivity index (χ1n) is 27.2. The molecule has 0 bridgehead atoms. The second kappa shape index (κ2) is 46.1. The quantitative estimate of drug-likeness (QED) is 0.0272. The maximum Gasteiger partial charge on any atom is 0.268 e. The SMILES string of the molecule is CCCCCC/C=C/C(O)C(COP(=O)([O-])OCC[N+](C)(C)C)NC(=O)CCCCCCCCCCCCCCCCCCCCCCCCC/C=C\CCCCCCCCCC. The Bertz CT molecular complexity index is 1080. The molecule has 0 aromatic carbocycles. The molecule has 63 heavy (non-hydrogen) atoms. The van der Waals surface area contributed by atoms with Gasteiger partial charge in [0.1, 0.15) is 13.2 Å². The van der Waals surface area contributed by atoms with Gasteiger partial charge in [0.25, 0.3) is 7.82 Å². The van der Waals surface area contributed by atoms with Crippen LogP contribution >= 0.6 is 7.82 Å². The number of nitrogens with zero attached hydrogens (tertiary/aromatic N) is 1. The normalized spacial score (nSPS) is 14.2. The van der Waals surface area contributed by atoms with Gasteiger partial charge in [-0.15, -0.1) is 0 Å². The van der Waals surface area contributed by atoms with Crippen molar-refractivity contribution in [1.29, 1.82) is 0 Å². The van der Waals surface area contributed by atoms with Crippen molar-refractivity contribution in [3.8, 4) is 0 Å². The van der Waals surface area contributed by atoms with Crippen molar-refractivity contribution < 1.29 is 32.9 Å². The largest absolute Gasteiger partial charge is 0.756 e. The minimum absolute atomic E-state index is 0.000420. The fraction of sp³-hybridized carbons (Fsp3) is 0.907. The zero-order valence-electron chi connectivity index (χ0n) is 42.5. The summed E-state index contributed by atoms with van der Waals surface area (Å²) < 4.78 is 23.1. The van der Waals surface area contributed by atoms with Gasteiger partial charge >= 0.3 is 0 Å². The highest BCUT2D eigenvalue weighted by molar-refractivity contribution is 7.45. The average molecular weight is 911 g/mol. The molecule has 0 aliphatic rings. The molecule has 0 aromatic heterocycles. The van der Waals surface area contributed by atoms with Gasteiger partial charge in [0.15, 0.2) is 0 Å². The number of hydrogen-bond donors (Lipinski definition) is 2. The maximum atomic E-state index is 12.8. The van der Waals surface area contributed by atoms with Gasteiger partial charge in [0.2, 0.25) is 5.91 Å². The third kappa shape index (κ3) is 48.7. The van der Waals surface area contributed by atoms with E-state index in [0.717, 1.165) is 44.9 Å². The van der Waals surface area contributed by atoms with Crippen LogP contribution in [0.2, 0.25) is 0 Å². The Labute approximate surface area is 392 Å². The first-order chi connectivity index (χ1) is 30.5. The van der Waals surface area contributed by atoms with Gasteiger partial charge < -0.3 is 28.8 Å². The van der Waals surface area contributed by atoms with Crippen LogP contribution in [0.25, 0.3) is 0 Å². The van der Waals surface area contributed by atoms with Crippen LogP contribution in [0.4, 0.5) is 0 Å². The van der Waals surface area contributed by atoms with E-state index in [1.54, 1.807) is 6.08 Å². The molecule has 0 fully saturated rings. The van der Waals surface area contributed by atoms with Gasteiger partial charge in [-0.1, -0.05) is 237 Å². The summed E-state index contributed by atoms with van der Waals surface area (Å²) in [6.07, 6.45) is 57.5. The van der Waals surface area contributed by atoms with Crippen molar-refractivity contribution in [3.05, 3.63) is 24.3 Å². The van der Waals surface area contributed by atoms with Gasteiger partial charge in [-0.2, -0.15) is 0 Å². The number of unbranched alkanes of at least 4 members (excludes halogenated alkanes) is 35. The summed E-state index contributed by atoms with van der Waals surface area (Å²) in [4.78, 5) is 25.2. The molecular weight excluding hydrogens is 804 g/mol. The second-order valence-corrected chi connectivity index (χ2v) is 21.3. The van der Waals surface area contributed by atoms with Crippen LogP contribution in [0.1, 0.15) is 264 Å². The Kier molecular flexibility index (Phi) is 45.4. The number of nitrogens with one attached hydrogen (secondary N) is 1. The van der Waals surface area contributed by atoms with Gasteiger partial charge in [0.05, 0.1) is 39.9 Å². The van der Waals surface area contributed by atoms with Gasteiger partial charge in [-0.3, -0.25) is 9.36 Å². The molecule has 0 saturated carbocycles. The summed E-state index contributed by atoms with van der Waals surface area (Å²) in [5.74, 6) is -0.199. The molecule has 0 spiro atoms. The highest BCUT2D eigenvalue weighted by Gasteiger charge is 2.23. The first kappa shape index (κ1) is 62.0. The predicted octanol–water partition coefficient (Wildman–Crippen LogP) is 15.4. The summed E-state index contributed by atoms with van der Waals surface area (Å²) in [6.45, 7) is 4.58. The van der Waals surface area contributed by atoms with Crippen LogP contribution < -0.4 is 10.2 Å². The van der Waals surface area contributed by atoms with Crippen molar-refractivity contribution >= 4 is 13.7 Å². The summed E-state index contributed by atoms with van der Waals surface area (Å²) >= 11 is 0. The molecule has 0 aliphatic heterocycles. The zero-order chi connectivity index (χ0) is 46.4. The van der Waals surface area contributed by atoms with E-state index in [1.807, 2.05) is 27.2 Å². The number of aliphatic hydroxyl groups is 1. The number of carbonyl (C=O) groups excluding carboxylic acids is 1. The standard InChI is InChI=1S/C54H107N2O6P/c1-6-8-10-12-14-15-16-17-18-19-20-21-22-23-24-25-26-27-28-29-30-31-32-33-34-35-36-37-38-39-40-41-42-44-46-48-54(58)55-52(53(57)47-45-43-13-11-9-7-2)51-62-63(59,60)61-50-49-56(3,4)5/h19-20,45,47,52-53,57H,6-18,21-44,46,48-51H2,1-5H3,(H-,55,58,59,60)/b20-19-,47-45+. The fourth-order valence-corrected chi connectivity index (χ4v) is 8.81. The van der Waals surface area contributed by atoms with E-state index in [-0.39, 0.29) is 19.1 Å². The molecule has 3 atom stereocenters. The molecule has 0 heterocycles. The van der Waals surface area contributed by atoms with E-state index in [2.05, 4.69) is 31.3 Å². The number of hydrogen-bond acceptors (Lipinski definition) is 6. The first-order valence-corrected chi connectivity index (χ1v) is 28.7. The van der Waals surface area contributed by atoms with Crippen molar-refractivity contribution in [3.63, 3.8) is 0 Å². The summed E-state index contributed by atoms with van der Waals surface area (Å²) in [7, 11) is 1.27. The average Bonchev–Trinajstić information content (AvgIpc) is 3.24. The second-order valence-electron chi connectivity index (χ2n) is 19.9. The van der Waals surface area contributed by atoms with Crippen molar-refractivity contribution in [2.75, 3.05) is 40.9 Å². The number of rotatable bonds is 50. The van der Waals surface area contributed by atoms with Crippen molar-refractivity contribution in [2.24, 2.45) is 0 Å². The summed E-state index contributed by atoms with van der Waals surface area (Å²) in [5, 5.41) is 13.6. The van der Waals surface area contributed by atoms with Gasteiger partial charge in [0, 0.05) is 6.42 Å². The van der Waals surface area contributed by atoms with Crippen LogP contribution in [0, 0.1) is 0 Å². The number of phosphoric acid groups is 1. The third-order valence-corrected chi connectivity index (χ3v) is 13.4. The number of allylic oxidation sites excluding steroid dienone is 3. The Morgan fingerprint density at radius 2 is 0.873 bits per heavy atom. The molecule has 3 unspecified atom stereocenters. The lowest BCUT2D eigenvalue weighted by Crippen LogP contribution is -2.45. The molecule has 0 rings (SSSR count). The van der Waals surface area contributed by atoms with Crippen LogP contribution in [0.5, 0.6) is 0 Å². The minimum atomic E-state index is -4.57. The van der Waals surface area contributed by atoms with E-state index >= 15 is 0 Å². The third-order valence-electron chi connectivity index (χ3n) is 12.4. The van der Waals surface area contributed by atoms with E-state index in [9.17, 15) is 19.4 Å². The summed E-state index contributed by atoms with van der Waals surface area (Å²) in [5.41, 5.74) is 0. The maximum absolute atomic E-state index is 12.8. The minimum Gasteiger partial charge on any atom is -0.756 e.